The SMILES string of the molecule is F[Si](c1ccccc1)(n1c2ccccc2c2ccccc21)n1c2ccccc2c2ccccc21. The van der Waals surface area contributed by atoms with Crippen LogP contribution in [0, 0.1) is 0 Å². The molecule has 0 saturated carbocycles. The molecule has 2 nitrogen and oxygen atoms in total. The summed E-state index contributed by atoms with van der Waals surface area (Å²) in [7, 11) is -4.10. The van der Waals surface area contributed by atoms with Crippen molar-refractivity contribution in [3.05, 3.63) is 127 Å². The molecule has 5 aromatic carbocycles. The van der Waals surface area contributed by atoms with Gasteiger partial charge in [-0.3, -0.25) is 4.11 Å². The minimum atomic E-state index is -4.10. The molecule has 0 saturated heterocycles. The third kappa shape index (κ3) is 2.49. The van der Waals surface area contributed by atoms with E-state index in [0.717, 1.165) is 43.6 Å². The normalized spacial score (nSPS) is 12.3. The summed E-state index contributed by atoms with van der Waals surface area (Å²) in [5.41, 5.74) is 3.68. The molecule has 0 bridgehead atoms. The number of fused-ring (bicyclic) bond motifs is 6. The van der Waals surface area contributed by atoms with Gasteiger partial charge in [-0.15, -0.1) is 0 Å². The lowest BCUT2D eigenvalue weighted by molar-refractivity contribution is 0.742. The highest BCUT2D eigenvalue weighted by atomic mass is 28.4. The predicted octanol–water partition coefficient (Wildman–Crippen LogP) is 7.11. The lowest BCUT2D eigenvalue weighted by Gasteiger charge is -2.29. The van der Waals surface area contributed by atoms with Gasteiger partial charge < -0.3 is 8.47 Å². The lowest BCUT2D eigenvalue weighted by atomic mass is 10.2. The largest absolute Gasteiger partial charge is 0.503 e. The van der Waals surface area contributed by atoms with Gasteiger partial charge in [0.1, 0.15) is 0 Å². The molecule has 0 unspecified atom stereocenters. The average Bonchev–Trinajstić information content (AvgIpc) is 3.43. The molecule has 4 heteroatoms. The molecule has 2 heterocycles. The molecular weight excluding hydrogens is 435 g/mol. The van der Waals surface area contributed by atoms with E-state index in [2.05, 4.69) is 24.3 Å². The quantitative estimate of drug-likeness (QED) is 0.198. The third-order valence-electron chi connectivity index (χ3n) is 6.89. The number of aromatic nitrogens is 2. The van der Waals surface area contributed by atoms with Crippen LogP contribution in [0.15, 0.2) is 127 Å². The number of halogens is 1. The molecule has 0 radical (unpaired) electrons. The fourth-order valence-electron chi connectivity index (χ4n) is 5.49. The highest BCUT2D eigenvalue weighted by Gasteiger charge is 2.47. The molecule has 0 atom stereocenters. The van der Waals surface area contributed by atoms with Crippen LogP contribution < -0.4 is 5.19 Å². The fraction of sp³-hybridized carbons (Fsp3) is 0. The Balaban J connectivity index is 1.75. The van der Waals surface area contributed by atoms with Gasteiger partial charge in [0.25, 0.3) is 0 Å². The van der Waals surface area contributed by atoms with Gasteiger partial charge in [0.2, 0.25) is 0 Å². The second-order valence-electron chi connectivity index (χ2n) is 8.69. The van der Waals surface area contributed by atoms with Crippen molar-refractivity contribution in [1.82, 2.24) is 8.47 Å². The maximum absolute atomic E-state index is 18.6. The first-order chi connectivity index (χ1) is 16.8. The van der Waals surface area contributed by atoms with Crippen LogP contribution in [0.5, 0.6) is 0 Å². The Kier molecular flexibility index (Phi) is 4.08. The molecule has 7 rings (SSSR count). The molecule has 0 spiro atoms. The van der Waals surface area contributed by atoms with Gasteiger partial charge in [-0.05, 0) is 24.3 Å². The number of nitrogens with zero attached hydrogens (tertiary/aromatic N) is 2. The standard InChI is InChI=1S/C30H21FN2Si/c31-34(22-12-2-1-3-13-22,32-27-18-8-4-14-23(27)24-15-5-9-19-28(24)32)33-29-20-10-6-16-25(29)26-17-7-11-21-30(26)33/h1-21H. The van der Waals surface area contributed by atoms with Gasteiger partial charge in [-0.2, -0.15) is 0 Å². The van der Waals surface area contributed by atoms with Gasteiger partial charge in [0.05, 0.1) is 0 Å². The number of para-hydroxylation sites is 4. The first-order valence-corrected chi connectivity index (χ1v) is 13.3. The van der Waals surface area contributed by atoms with E-state index in [1.807, 2.05) is 112 Å². The van der Waals surface area contributed by atoms with Gasteiger partial charge in [-0.1, -0.05) is 103 Å². The number of rotatable bonds is 3. The zero-order valence-electron chi connectivity index (χ0n) is 18.4. The molecule has 2 aromatic heterocycles. The van der Waals surface area contributed by atoms with Gasteiger partial charge >= 0.3 is 8.73 Å². The van der Waals surface area contributed by atoms with E-state index >= 15 is 4.11 Å². The van der Waals surface area contributed by atoms with Crippen molar-refractivity contribution in [3.63, 3.8) is 0 Å². The topological polar surface area (TPSA) is 9.86 Å². The van der Waals surface area contributed by atoms with Crippen LogP contribution in [0.25, 0.3) is 43.6 Å². The van der Waals surface area contributed by atoms with Crippen molar-refractivity contribution in [2.45, 2.75) is 0 Å². The van der Waals surface area contributed by atoms with E-state index < -0.39 is 8.73 Å². The molecule has 7 aromatic rings. The molecule has 0 N–H and O–H groups in total. The van der Waals surface area contributed by atoms with Gasteiger partial charge in [-0.25, -0.2) is 0 Å². The van der Waals surface area contributed by atoms with Crippen LogP contribution in [-0.2, 0) is 0 Å². The van der Waals surface area contributed by atoms with Crippen molar-refractivity contribution in [1.29, 1.82) is 0 Å². The van der Waals surface area contributed by atoms with E-state index in [1.165, 1.54) is 0 Å². The zero-order valence-corrected chi connectivity index (χ0v) is 19.4. The summed E-state index contributed by atoms with van der Waals surface area (Å²) in [5.74, 6) is 0. The summed E-state index contributed by atoms with van der Waals surface area (Å²) in [5, 5.41) is 5.01. The van der Waals surface area contributed by atoms with Crippen LogP contribution in [0.4, 0.5) is 4.11 Å². The Morgan fingerprint density at radius 1 is 0.382 bits per heavy atom. The highest BCUT2D eigenvalue weighted by Crippen LogP contribution is 2.37. The number of hydrogen-bond donors (Lipinski definition) is 0. The first kappa shape index (κ1) is 19.3. The summed E-state index contributed by atoms with van der Waals surface area (Å²) < 4.78 is 22.7. The van der Waals surface area contributed by atoms with Crippen molar-refractivity contribution in [3.8, 4) is 0 Å². The summed E-state index contributed by atoms with van der Waals surface area (Å²) in [4.78, 5) is 0. The molecule has 0 aliphatic heterocycles. The Labute approximate surface area is 197 Å². The van der Waals surface area contributed by atoms with Gasteiger partial charge in [0.15, 0.2) is 0 Å². The molecule has 0 amide bonds. The van der Waals surface area contributed by atoms with E-state index in [4.69, 9.17) is 0 Å². The van der Waals surface area contributed by atoms with Crippen LogP contribution >= 0.6 is 0 Å². The highest BCUT2D eigenvalue weighted by molar-refractivity contribution is 6.86. The second kappa shape index (κ2) is 7.17. The average molecular weight is 457 g/mol. The second-order valence-corrected chi connectivity index (χ2v) is 11.3. The van der Waals surface area contributed by atoms with Crippen molar-refractivity contribution >= 4 is 57.5 Å². The minimum Gasteiger partial charge on any atom is -0.320 e. The summed E-state index contributed by atoms with van der Waals surface area (Å²) >= 11 is 0. The van der Waals surface area contributed by atoms with Crippen LogP contribution in [-0.4, -0.2) is 17.2 Å². The predicted molar refractivity (Wildman–Crippen MR) is 143 cm³/mol. The number of hydrogen-bond acceptors (Lipinski definition) is 0. The maximum Gasteiger partial charge on any atom is 0.503 e. The number of benzene rings is 5. The Morgan fingerprint density at radius 3 is 1.03 bits per heavy atom. The molecular formula is C30H21FN2Si. The van der Waals surface area contributed by atoms with Crippen molar-refractivity contribution in [2.24, 2.45) is 0 Å². The Bertz CT molecular complexity index is 1610. The summed E-state index contributed by atoms with van der Waals surface area (Å²) in [6.07, 6.45) is 0. The third-order valence-corrected chi connectivity index (χ3v) is 10.1. The smallest absolute Gasteiger partial charge is 0.320 e. The van der Waals surface area contributed by atoms with E-state index in [-0.39, 0.29) is 0 Å². The van der Waals surface area contributed by atoms with Crippen molar-refractivity contribution in [2.75, 3.05) is 0 Å². The lowest BCUT2D eigenvalue weighted by Crippen LogP contribution is -2.57. The maximum atomic E-state index is 18.6. The Hall–Kier alpha value is -4.15. The molecule has 0 aliphatic carbocycles. The molecule has 0 fully saturated rings. The van der Waals surface area contributed by atoms with Crippen LogP contribution in [0.2, 0.25) is 0 Å². The zero-order chi connectivity index (χ0) is 22.7. The van der Waals surface area contributed by atoms with E-state index in [9.17, 15) is 0 Å². The minimum absolute atomic E-state index is 0.716. The first-order valence-electron chi connectivity index (χ1n) is 11.5. The molecule has 0 aliphatic rings. The fourth-order valence-corrected chi connectivity index (χ4v) is 8.88. The van der Waals surface area contributed by atoms with E-state index in [1.54, 1.807) is 0 Å². The summed E-state index contributed by atoms with van der Waals surface area (Å²) in [6.45, 7) is 0. The monoisotopic (exact) mass is 456 g/mol. The van der Waals surface area contributed by atoms with Crippen molar-refractivity contribution < 1.29 is 4.11 Å². The Morgan fingerprint density at radius 2 is 0.676 bits per heavy atom. The molecule has 34 heavy (non-hydrogen) atoms. The van der Waals surface area contributed by atoms with Crippen LogP contribution in [0.1, 0.15) is 0 Å². The van der Waals surface area contributed by atoms with Gasteiger partial charge in [0, 0.05) is 48.8 Å². The molecule has 162 valence electrons. The van der Waals surface area contributed by atoms with E-state index in [0.29, 0.717) is 5.19 Å². The summed E-state index contributed by atoms with van der Waals surface area (Å²) in [6, 6.07) is 42.5. The van der Waals surface area contributed by atoms with Crippen LogP contribution in [0.3, 0.4) is 0 Å².